The van der Waals surface area contributed by atoms with Crippen LogP contribution in [0, 0.1) is 0 Å². The van der Waals surface area contributed by atoms with Crippen molar-refractivity contribution in [3.05, 3.63) is 34.4 Å². The van der Waals surface area contributed by atoms with E-state index in [9.17, 15) is 4.79 Å². The van der Waals surface area contributed by atoms with E-state index in [-0.39, 0.29) is 19.1 Å². The van der Waals surface area contributed by atoms with Crippen molar-refractivity contribution < 1.29 is 19.4 Å². The lowest BCUT2D eigenvalue weighted by molar-refractivity contribution is -0.117. The zero-order valence-corrected chi connectivity index (χ0v) is 12.4. The quantitative estimate of drug-likeness (QED) is 0.751. The molecule has 0 saturated carbocycles. The molecule has 2 N–H and O–H groups in total. The van der Waals surface area contributed by atoms with Gasteiger partial charge in [0.1, 0.15) is 12.4 Å². The number of amides is 1. The van der Waals surface area contributed by atoms with E-state index < -0.39 is 0 Å². The Morgan fingerprint density at radius 2 is 2.29 bits per heavy atom. The molecule has 5 nitrogen and oxygen atoms in total. The molecular weight excluding hydrogens is 294 g/mol. The van der Waals surface area contributed by atoms with Gasteiger partial charge in [0, 0.05) is 23.7 Å². The van der Waals surface area contributed by atoms with Crippen molar-refractivity contribution in [3.8, 4) is 5.75 Å². The van der Waals surface area contributed by atoms with E-state index in [1.54, 1.807) is 24.3 Å². The molecular formula is C15H18ClNO4. The lowest BCUT2D eigenvalue weighted by Gasteiger charge is -2.17. The molecule has 0 saturated heterocycles. The van der Waals surface area contributed by atoms with Gasteiger partial charge in [0.2, 0.25) is 0 Å². The fourth-order valence-corrected chi connectivity index (χ4v) is 2.12. The van der Waals surface area contributed by atoms with Gasteiger partial charge in [-0.15, -0.1) is 0 Å². The van der Waals surface area contributed by atoms with E-state index in [0.29, 0.717) is 36.8 Å². The highest BCUT2D eigenvalue weighted by atomic mass is 35.5. The Bertz CT molecular complexity index is 530. The minimum atomic E-state index is -0.150. The maximum Gasteiger partial charge on any atom is 0.250 e. The normalized spacial score (nSPS) is 13.1. The molecule has 114 valence electrons. The zero-order valence-electron chi connectivity index (χ0n) is 11.6. The van der Waals surface area contributed by atoms with Crippen molar-refractivity contribution in [1.29, 1.82) is 0 Å². The number of aliphatic hydroxyl groups is 1. The lowest BCUT2D eigenvalue weighted by Crippen LogP contribution is -2.30. The van der Waals surface area contributed by atoms with E-state index in [0.717, 1.165) is 11.3 Å². The third kappa shape index (κ3) is 4.74. The van der Waals surface area contributed by atoms with Gasteiger partial charge in [-0.1, -0.05) is 11.6 Å². The highest BCUT2D eigenvalue weighted by molar-refractivity contribution is 6.30. The second kappa shape index (κ2) is 8.02. The van der Waals surface area contributed by atoms with Crippen LogP contribution >= 0.6 is 11.6 Å². The van der Waals surface area contributed by atoms with Crippen molar-refractivity contribution in [1.82, 2.24) is 5.32 Å². The standard InChI is InChI=1S/C15H18ClNO4/c16-13-2-3-14-11(9-13)8-12(10-21-14)15(19)17-4-1-6-20-7-5-18/h2-3,8-9,18H,1,4-7,10H2,(H,17,19). The predicted molar refractivity (Wildman–Crippen MR) is 80.5 cm³/mol. The second-order valence-corrected chi connectivity index (χ2v) is 5.02. The number of rotatable bonds is 7. The van der Waals surface area contributed by atoms with Gasteiger partial charge >= 0.3 is 0 Å². The number of halogens is 1. The van der Waals surface area contributed by atoms with Crippen LogP contribution in [0.25, 0.3) is 6.08 Å². The summed E-state index contributed by atoms with van der Waals surface area (Å²) >= 11 is 5.93. The van der Waals surface area contributed by atoms with Crippen LogP contribution < -0.4 is 10.1 Å². The summed E-state index contributed by atoms with van der Waals surface area (Å²) < 4.78 is 10.6. The van der Waals surface area contributed by atoms with Crippen molar-refractivity contribution in [2.75, 3.05) is 33.0 Å². The van der Waals surface area contributed by atoms with Crippen LogP contribution in [0.15, 0.2) is 23.8 Å². The molecule has 0 fully saturated rings. The summed E-state index contributed by atoms with van der Waals surface area (Å²) in [5, 5.41) is 12.0. The minimum absolute atomic E-state index is 0.0125. The van der Waals surface area contributed by atoms with Crippen molar-refractivity contribution in [2.24, 2.45) is 0 Å². The van der Waals surface area contributed by atoms with Crippen molar-refractivity contribution in [2.45, 2.75) is 6.42 Å². The first kappa shape index (κ1) is 15.8. The number of carbonyl (C=O) groups excluding carboxylic acids is 1. The molecule has 2 rings (SSSR count). The Hall–Kier alpha value is -1.56. The number of nitrogens with one attached hydrogen (secondary N) is 1. The Morgan fingerprint density at radius 3 is 3.10 bits per heavy atom. The van der Waals surface area contributed by atoms with Crippen LogP contribution in [-0.2, 0) is 9.53 Å². The average Bonchev–Trinajstić information content (AvgIpc) is 2.49. The monoisotopic (exact) mass is 311 g/mol. The Labute approximate surface area is 128 Å². The average molecular weight is 312 g/mol. The molecule has 1 aromatic carbocycles. The maximum atomic E-state index is 12.0. The molecule has 1 amide bonds. The summed E-state index contributed by atoms with van der Waals surface area (Å²) in [5.74, 6) is 0.580. The number of hydrogen-bond acceptors (Lipinski definition) is 4. The molecule has 0 spiro atoms. The summed E-state index contributed by atoms with van der Waals surface area (Å²) in [7, 11) is 0. The van der Waals surface area contributed by atoms with Gasteiger partial charge in [0.25, 0.3) is 5.91 Å². The van der Waals surface area contributed by atoms with E-state index in [1.807, 2.05) is 0 Å². The number of benzene rings is 1. The Morgan fingerprint density at radius 1 is 1.43 bits per heavy atom. The summed E-state index contributed by atoms with van der Waals surface area (Å²) in [6.45, 7) is 1.61. The lowest BCUT2D eigenvalue weighted by atomic mass is 10.1. The first-order valence-electron chi connectivity index (χ1n) is 6.80. The zero-order chi connectivity index (χ0) is 15.1. The van der Waals surface area contributed by atoms with Gasteiger partial charge in [-0.3, -0.25) is 4.79 Å². The Kier molecular flexibility index (Phi) is 6.04. The van der Waals surface area contributed by atoms with Crippen LogP contribution in [0.3, 0.4) is 0 Å². The molecule has 1 aliphatic rings. The van der Waals surface area contributed by atoms with Crippen molar-refractivity contribution >= 4 is 23.6 Å². The number of carbonyl (C=O) groups is 1. The van der Waals surface area contributed by atoms with Gasteiger partial charge in [-0.05, 0) is 30.7 Å². The largest absolute Gasteiger partial charge is 0.488 e. The Balaban J connectivity index is 1.83. The second-order valence-electron chi connectivity index (χ2n) is 4.59. The number of fused-ring (bicyclic) bond motifs is 1. The van der Waals surface area contributed by atoms with Gasteiger partial charge in [0.15, 0.2) is 0 Å². The van der Waals surface area contributed by atoms with Crippen LogP contribution in [0.2, 0.25) is 5.02 Å². The third-order valence-electron chi connectivity index (χ3n) is 2.96. The van der Waals surface area contributed by atoms with Crippen LogP contribution in [0.5, 0.6) is 5.75 Å². The van der Waals surface area contributed by atoms with Gasteiger partial charge in [0.05, 0.1) is 18.8 Å². The molecule has 21 heavy (non-hydrogen) atoms. The molecule has 0 unspecified atom stereocenters. The molecule has 0 aliphatic carbocycles. The first-order valence-corrected chi connectivity index (χ1v) is 7.18. The maximum absolute atomic E-state index is 12.0. The van der Waals surface area contributed by atoms with Gasteiger partial charge < -0.3 is 19.9 Å². The van der Waals surface area contributed by atoms with E-state index in [4.69, 9.17) is 26.2 Å². The molecule has 0 bridgehead atoms. The summed E-state index contributed by atoms with van der Waals surface area (Å²) in [6.07, 6.45) is 2.49. The van der Waals surface area contributed by atoms with Crippen molar-refractivity contribution in [3.63, 3.8) is 0 Å². The van der Waals surface area contributed by atoms with Crippen LogP contribution in [0.4, 0.5) is 0 Å². The molecule has 0 radical (unpaired) electrons. The molecule has 1 aliphatic heterocycles. The fraction of sp³-hybridized carbons (Fsp3) is 0.400. The van der Waals surface area contributed by atoms with E-state index in [2.05, 4.69) is 5.32 Å². The first-order chi connectivity index (χ1) is 10.2. The molecule has 0 atom stereocenters. The minimum Gasteiger partial charge on any atom is -0.488 e. The fourth-order valence-electron chi connectivity index (χ4n) is 1.94. The highest BCUT2D eigenvalue weighted by Crippen LogP contribution is 2.28. The SMILES string of the molecule is O=C(NCCCOCCO)C1=Cc2cc(Cl)ccc2OC1. The smallest absolute Gasteiger partial charge is 0.250 e. The molecule has 0 aromatic heterocycles. The third-order valence-corrected chi connectivity index (χ3v) is 3.20. The summed E-state index contributed by atoms with van der Waals surface area (Å²) in [5.41, 5.74) is 1.38. The van der Waals surface area contributed by atoms with Gasteiger partial charge in [-0.2, -0.15) is 0 Å². The number of aliphatic hydroxyl groups excluding tert-OH is 1. The highest BCUT2D eigenvalue weighted by Gasteiger charge is 2.16. The molecule has 6 heteroatoms. The summed E-state index contributed by atoms with van der Waals surface area (Å²) in [4.78, 5) is 12.0. The van der Waals surface area contributed by atoms with E-state index >= 15 is 0 Å². The van der Waals surface area contributed by atoms with Gasteiger partial charge in [-0.25, -0.2) is 0 Å². The van der Waals surface area contributed by atoms with Crippen LogP contribution in [0.1, 0.15) is 12.0 Å². The number of hydrogen-bond donors (Lipinski definition) is 2. The molecule has 1 heterocycles. The molecule has 1 aromatic rings. The van der Waals surface area contributed by atoms with Crippen LogP contribution in [-0.4, -0.2) is 44.0 Å². The topological polar surface area (TPSA) is 67.8 Å². The van der Waals surface area contributed by atoms with E-state index in [1.165, 1.54) is 0 Å². The summed E-state index contributed by atoms with van der Waals surface area (Å²) in [6, 6.07) is 5.32. The predicted octanol–water partition coefficient (Wildman–Crippen LogP) is 1.63. The number of ether oxygens (including phenoxy) is 2.